The van der Waals surface area contributed by atoms with Crippen LogP contribution in [0.4, 0.5) is 0 Å². The summed E-state index contributed by atoms with van der Waals surface area (Å²) in [5.74, 6) is 0.520. The van der Waals surface area contributed by atoms with E-state index >= 15 is 0 Å². The molecule has 2 saturated heterocycles. The Hall–Kier alpha value is -1.84. The highest BCUT2D eigenvalue weighted by Gasteiger charge is 2.43. The average molecular weight is 541 g/mol. The number of piperidine rings is 1. The number of ether oxygens (including phenoxy) is 2. The molecule has 1 unspecified atom stereocenters. The second-order valence-electron chi connectivity index (χ2n) is 9.21. The molecule has 2 aliphatic rings. The first-order chi connectivity index (χ1) is 16.8. The minimum atomic E-state index is -3.65. The first-order valence-electron chi connectivity index (χ1n) is 11.7. The Labute approximate surface area is 216 Å². The number of hydrogen-bond acceptors (Lipinski definition) is 5. The second kappa shape index (κ2) is 11.5. The number of morpholine rings is 1. The first kappa shape index (κ1) is 26.2. The lowest BCUT2D eigenvalue weighted by molar-refractivity contribution is -0.139. The predicted octanol–water partition coefficient (Wildman–Crippen LogP) is 4.23. The van der Waals surface area contributed by atoms with Crippen LogP contribution in [-0.2, 0) is 25.3 Å². The Balaban J connectivity index is 1.53. The maximum absolute atomic E-state index is 13.4. The van der Waals surface area contributed by atoms with Crippen molar-refractivity contribution < 1.29 is 22.7 Å². The van der Waals surface area contributed by atoms with E-state index in [1.54, 1.807) is 23.1 Å². The van der Waals surface area contributed by atoms with Crippen LogP contribution in [0.15, 0.2) is 48.5 Å². The highest BCUT2D eigenvalue weighted by atomic mass is 35.5. The van der Waals surface area contributed by atoms with Gasteiger partial charge in [-0.1, -0.05) is 47.5 Å². The minimum absolute atomic E-state index is 0.00805. The molecule has 0 radical (unpaired) electrons. The fourth-order valence-corrected chi connectivity index (χ4v) is 6.62. The lowest BCUT2D eigenvalue weighted by Gasteiger charge is -2.42. The van der Waals surface area contributed by atoms with E-state index in [1.165, 1.54) is 4.31 Å². The average Bonchev–Trinajstić information content (AvgIpc) is 2.86. The number of benzene rings is 2. The van der Waals surface area contributed by atoms with E-state index in [9.17, 15) is 13.2 Å². The Morgan fingerprint density at radius 2 is 1.77 bits per heavy atom. The predicted molar refractivity (Wildman–Crippen MR) is 136 cm³/mol. The fourth-order valence-electron chi connectivity index (χ4n) is 4.64. The van der Waals surface area contributed by atoms with Crippen LogP contribution in [0.25, 0.3) is 0 Å². The number of carbonyl (C=O) groups is 1. The van der Waals surface area contributed by atoms with E-state index < -0.39 is 15.4 Å². The standard InChI is InChI=1S/C25H30Cl2N2O5S/c26-22-8-7-20(15-23(22)27)17-35(31,32)29-10-4-9-25(18-29,19-34-21-5-2-1-3-6-21)16-24(30)28-11-13-33-14-12-28/h1-3,5-8,15H,4,9-14,16-19H2. The SMILES string of the molecule is O=C(CC1(COc2ccccc2)CCCN(S(=O)(=O)Cc2ccc(Cl)c(Cl)c2)C1)N1CCOCC1. The van der Waals surface area contributed by atoms with Crippen molar-refractivity contribution in [3.8, 4) is 5.75 Å². The second-order valence-corrected chi connectivity index (χ2v) is 12.0. The van der Waals surface area contributed by atoms with Crippen LogP contribution in [-0.4, -0.2) is 69.5 Å². The topological polar surface area (TPSA) is 76.2 Å². The molecule has 10 heteroatoms. The number of rotatable bonds is 8. The highest BCUT2D eigenvalue weighted by Crippen LogP contribution is 2.37. The maximum Gasteiger partial charge on any atom is 0.223 e. The van der Waals surface area contributed by atoms with Crippen LogP contribution in [0.1, 0.15) is 24.8 Å². The molecular formula is C25H30Cl2N2O5S. The van der Waals surface area contributed by atoms with Gasteiger partial charge in [0.05, 0.1) is 35.6 Å². The summed E-state index contributed by atoms with van der Waals surface area (Å²) in [5, 5.41) is 0.698. The molecule has 1 atom stereocenters. The monoisotopic (exact) mass is 540 g/mol. The Kier molecular flexibility index (Phi) is 8.60. The van der Waals surface area contributed by atoms with Crippen molar-refractivity contribution in [2.75, 3.05) is 46.0 Å². The molecule has 7 nitrogen and oxygen atoms in total. The zero-order valence-electron chi connectivity index (χ0n) is 19.5. The number of sulfonamides is 1. The van der Waals surface area contributed by atoms with Gasteiger partial charge in [-0.3, -0.25) is 4.79 Å². The first-order valence-corrected chi connectivity index (χ1v) is 14.1. The van der Waals surface area contributed by atoms with Crippen LogP contribution < -0.4 is 4.74 Å². The van der Waals surface area contributed by atoms with Gasteiger partial charge in [0.1, 0.15) is 5.75 Å². The molecule has 0 aliphatic carbocycles. The van der Waals surface area contributed by atoms with Crippen LogP contribution in [0.5, 0.6) is 5.75 Å². The third-order valence-electron chi connectivity index (χ3n) is 6.53. The quantitative estimate of drug-likeness (QED) is 0.500. The molecule has 0 spiro atoms. The van der Waals surface area contributed by atoms with E-state index in [4.69, 9.17) is 32.7 Å². The normalized spacial score (nSPS) is 21.6. The Bertz CT molecular complexity index is 1130. The number of hydrogen-bond donors (Lipinski definition) is 0. The van der Waals surface area contributed by atoms with Crippen molar-refractivity contribution in [3.05, 3.63) is 64.1 Å². The summed E-state index contributed by atoms with van der Waals surface area (Å²) in [5.41, 5.74) is -0.0609. The van der Waals surface area contributed by atoms with E-state index in [1.807, 2.05) is 30.3 Å². The van der Waals surface area contributed by atoms with Crippen molar-refractivity contribution in [2.45, 2.75) is 25.0 Å². The van der Waals surface area contributed by atoms with Crippen molar-refractivity contribution in [2.24, 2.45) is 5.41 Å². The lowest BCUT2D eigenvalue weighted by atomic mass is 9.78. The van der Waals surface area contributed by atoms with Crippen molar-refractivity contribution in [1.29, 1.82) is 0 Å². The number of nitrogens with zero attached hydrogens (tertiary/aromatic N) is 2. The molecule has 0 bridgehead atoms. The van der Waals surface area contributed by atoms with Crippen molar-refractivity contribution >= 4 is 39.1 Å². The molecule has 2 heterocycles. The van der Waals surface area contributed by atoms with Gasteiger partial charge in [-0.2, -0.15) is 0 Å². The van der Waals surface area contributed by atoms with Gasteiger partial charge < -0.3 is 14.4 Å². The van der Waals surface area contributed by atoms with Gasteiger partial charge in [-0.25, -0.2) is 12.7 Å². The molecule has 2 aromatic rings. The minimum Gasteiger partial charge on any atom is -0.493 e. The van der Waals surface area contributed by atoms with E-state index in [2.05, 4.69) is 0 Å². The van der Waals surface area contributed by atoms with Crippen molar-refractivity contribution in [1.82, 2.24) is 9.21 Å². The molecule has 2 aromatic carbocycles. The molecule has 2 fully saturated rings. The Morgan fingerprint density at radius 3 is 2.49 bits per heavy atom. The molecule has 4 rings (SSSR count). The van der Waals surface area contributed by atoms with E-state index in [0.29, 0.717) is 67.0 Å². The molecule has 0 saturated carbocycles. The van der Waals surface area contributed by atoms with Gasteiger partial charge in [-0.15, -0.1) is 0 Å². The van der Waals surface area contributed by atoms with Gasteiger partial charge in [0.25, 0.3) is 0 Å². The smallest absolute Gasteiger partial charge is 0.223 e. The van der Waals surface area contributed by atoms with Crippen LogP contribution in [0, 0.1) is 5.41 Å². The summed E-state index contributed by atoms with van der Waals surface area (Å²) in [6.45, 7) is 3.02. The van der Waals surface area contributed by atoms with Gasteiger partial charge in [0, 0.05) is 38.0 Å². The van der Waals surface area contributed by atoms with Crippen LogP contribution in [0.3, 0.4) is 0 Å². The molecule has 2 aliphatic heterocycles. The fraction of sp³-hybridized carbons (Fsp3) is 0.480. The summed E-state index contributed by atoms with van der Waals surface area (Å²) < 4.78 is 39.8. The molecule has 0 aromatic heterocycles. The van der Waals surface area contributed by atoms with E-state index in [0.717, 1.165) is 0 Å². The molecule has 190 valence electrons. The molecule has 0 N–H and O–H groups in total. The zero-order valence-corrected chi connectivity index (χ0v) is 21.8. The van der Waals surface area contributed by atoms with E-state index in [-0.39, 0.29) is 31.2 Å². The third-order valence-corrected chi connectivity index (χ3v) is 9.07. The summed E-state index contributed by atoms with van der Waals surface area (Å²) in [7, 11) is -3.65. The van der Waals surface area contributed by atoms with Crippen LogP contribution >= 0.6 is 23.2 Å². The van der Waals surface area contributed by atoms with Gasteiger partial charge in [-0.05, 0) is 42.7 Å². The molecule has 35 heavy (non-hydrogen) atoms. The number of amides is 1. The van der Waals surface area contributed by atoms with Crippen LogP contribution in [0.2, 0.25) is 10.0 Å². The molecular weight excluding hydrogens is 511 g/mol. The van der Waals surface area contributed by atoms with Gasteiger partial charge in [0.2, 0.25) is 15.9 Å². The summed E-state index contributed by atoms with van der Waals surface area (Å²) in [6, 6.07) is 14.2. The number of halogens is 2. The number of para-hydroxylation sites is 1. The summed E-state index contributed by atoms with van der Waals surface area (Å²) >= 11 is 12.1. The summed E-state index contributed by atoms with van der Waals surface area (Å²) in [6.07, 6.45) is 1.57. The maximum atomic E-state index is 13.4. The van der Waals surface area contributed by atoms with Crippen molar-refractivity contribution in [3.63, 3.8) is 0 Å². The lowest BCUT2D eigenvalue weighted by Crippen LogP contribution is -2.52. The zero-order chi connectivity index (χ0) is 24.9. The van der Waals surface area contributed by atoms with Gasteiger partial charge >= 0.3 is 0 Å². The van der Waals surface area contributed by atoms with Gasteiger partial charge in [0.15, 0.2) is 0 Å². The third kappa shape index (κ3) is 6.89. The Morgan fingerprint density at radius 1 is 1.03 bits per heavy atom. The number of carbonyl (C=O) groups excluding carboxylic acids is 1. The largest absolute Gasteiger partial charge is 0.493 e. The highest BCUT2D eigenvalue weighted by molar-refractivity contribution is 7.88. The molecule has 1 amide bonds. The summed E-state index contributed by atoms with van der Waals surface area (Å²) in [4.78, 5) is 15.0.